The first-order valence-corrected chi connectivity index (χ1v) is 15.1. The minimum absolute atomic E-state index is 0.0363. The van der Waals surface area contributed by atoms with Crippen molar-refractivity contribution in [3.05, 3.63) is 88.5 Å². The van der Waals surface area contributed by atoms with Gasteiger partial charge < -0.3 is 9.84 Å². The Morgan fingerprint density at radius 2 is 1.60 bits per heavy atom. The van der Waals surface area contributed by atoms with Gasteiger partial charge in [-0.05, 0) is 52.4 Å². The third-order valence-electron chi connectivity index (χ3n) is 5.98. The van der Waals surface area contributed by atoms with E-state index in [1.165, 1.54) is 11.1 Å². The van der Waals surface area contributed by atoms with Crippen LogP contribution in [0.15, 0.2) is 60.7 Å². The molecule has 2 N–H and O–H groups in total. The molecule has 0 radical (unpaired) electrons. The number of carboxylic acids is 1. The molecule has 1 amide bonds. The van der Waals surface area contributed by atoms with Gasteiger partial charge in [0.25, 0.3) is 0 Å². The number of anilines is 1. The number of carboxylic acid groups (broad SMARTS) is 1. The zero-order valence-corrected chi connectivity index (χ0v) is 21.4. The summed E-state index contributed by atoms with van der Waals surface area (Å²) in [7, 11) is -1.64. The highest BCUT2D eigenvalue weighted by Gasteiger charge is 2.29. The first kappa shape index (κ1) is 24.3. The van der Waals surface area contributed by atoms with E-state index in [-0.39, 0.29) is 18.9 Å². The minimum atomic E-state index is -1.64. The van der Waals surface area contributed by atoms with E-state index in [2.05, 4.69) is 60.7 Å². The molecule has 0 spiro atoms. The molecule has 0 fully saturated rings. The molecule has 0 aliphatic heterocycles. The van der Waals surface area contributed by atoms with Crippen LogP contribution >= 0.6 is 0 Å². The molecule has 0 heterocycles. The van der Waals surface area contributed by atoms with Gasteiger partial charge in [0.1, 0.15) is 14.7 Å². The summed E-state index contributed by atoms with van der Waals surface area (Å²) in [6.45, 7) is 8.51. The number of amides is 1. The van der Waals surface area contributed by atoms with E-state index in [1.807, 2.05) is 31.2 Å². The van der Waals surface area contributed by atoms with Crippen molar-refractivity contribution in [3.63, 3.8) is 0 Å². The Kier molecular flexibility index (Phi) is 6.81. The predicted octanol–water partition coefficient (Wildman–Crippen LogP) is 6.21. The van der Waals surface area contributed by atoms with Gasteiger partial charge in [0.05, 0.1) is 6.42 Å². The van der Waals surface area contributed by atoms with E-state index in [1.54, 1.807) is 12.1 Å². The van der Waals surface area contributed by atoms with Crippen LogP contribution in [0.5, 0.6) is 0 Å². The van der Waals surface area contributed by atoms with Crippen LogP contribution in [0.4, 0.5) is 10.5 Å². The van der Waals surface area contributed by atoms with Crippen LogP contribution in [0.2, 0.25) is 19.6 Å². The van der Waals surface area contributed by atoms with Gasteiger partial charge in [-0.3, -0.25) is 10.1 Å². The number of rotatable bonds is 5. The lowest BCUT2D eigenvalue weighted by Crippen LogP contribution is -2.19. The Hall–Kier alpha value is -3.82. The van der Waals surface area contributed by atoms with Gasteiger partial charge in [-0.25, -0.2) is 4.79 Å². The van der Waals surface area contributed by atoms with Crippen molar-refractivity contribution in [1.82, 2.24) is 0 Å². The normalized spacial score (nSPS) is 12.2. The summed E-state index contributed by atoms with van der Waals surface area (Å²) in [5.74, 6) is 2.23. The fraction of sp³-hybridized carbons (Fsp3) is 0.241. The molecule has 178 valence electrons. The number of carbonyl (C=O) groups is 2. The molecule has 35 heavy (non-hydrogen) atoms. The fourth-order valence-electron chi connectivity index (χ4n) is 4.31. The highest BCUT2D eigenvalue weighted by Crippen LogP contribution is 2.44. The van der Waals surface area contributed by atoms with E-state index in [4.69, 9.17) is 4.74 Å². The number of hydrogen-bond donors (Lipinski definition) is 2. The summed E-state index contributed by atoms with van der Waals surface area (Å²) < 4.78 is 5.68. The Morgan fingerprint density at radius 3 is 2.17 bits per heavy atom. The number of aliphatic carboxylic acids is 1. The average molecular weight is 484 g/mol. The average Bonchev–Trinajstić information content (AvgIpc) is 3.11. The van der Waals surface area contributed by atoms with Crippen LogP contribution in [0.1, 0.15) is 33.7 Å². The zero-order valence-electron chi connectivity index (χ0n) is 20.4. The molecule has 1 aliphatic rings. The lowest BCUT2D eigenvalue weighted by Gasteiger charge is -2.16. The van der Waals surface area contributed by atoms with E-state index in [9.17, 15) is 14.7 Å². The lowest BCUT2D eigenvalue weighted by atomic mass is 9.98. The first-order chi connectivity index (χ1) is 16.6. The van der Waals surface area contributed by atoms with Crippen molar-refractivity contribution in [2.24, 2.45) is 0 Å². The van der Waals surface area contributed by atoms with Gasteiger partial charge in [-0.15, -0.1) is 5.54 Å². The fourth-order valence-corrected chi connectivity index (χ4v) is 4.82. The smallest absolute Gasteiger partial charge is 0.411 e. The Morgan fingerprint density at radius 1 is 1.00 bits per heavy atom. The zero-order chi connectivity index (χ0) is 25.2. The van der Waals surface area contributed by atoms with Crippen LogP contribution < -0.4 is 5.32 Å². The van der Waals surface area contributed by atoms with Crippen molar-refractivity contribution < 1.29 is 19.4 Å². The number of hydrogen-bond acceptors (Lipinski definition) is 3. The van der Waals surface area contributed by atoms with Gasteiger partial charge in [0.15, 0.2) is 0 Å². The first-order valence-electron chi connectivity index (χ1n) is 11.6. The van der Waals surface area contributed by atoms with Gasteiger partial charge in [-0.2, -0.15) is 0 Å². The molecule has 5 nitrogen and oxygen atoms in total. The number of carbonyl (C=O) groups excluding carboxylic acids is 1. The molecule has 0 bridgehead atoms. The molecule has 1 aliphatic carbocycles. The molecule has 0 atom stereocenters. The Labute approximate surface area is 207 Å². The van der Waals surface area contributed by atoms with Crippen molar-refractivity contribution in [2.75, 3.05) is 11.9 Å². The lowest BCUT2D eigenvalue weighted by molar-refractivity contribution is -0.136. The van der Waals surface area contributed by atoms with Gasteiger partial charge in [0, 0.05) is 17.2 Å². The monoisotopic (exact) mass is 483 g/mol. The molecule has 0 saturated carbocycles. The summed E-state index contributed by atoms with van der Waals surface area (Å²) in [5.41, 5.74) is 10.5. The molecular formula is C29H29NO4Si. The second kappa shape index (κ2) is 9.81. The Bertz CT molecular complexity index is 1320. The molecule has 0 saturated heterocycles. The molecular weight excluding hydrogens is 454 g/mol. The minimum Gasteiger partial charge on any atom is -0.481 e. The summed E-state index contributed by atoms with van der Waals surface area (Å²) in [6.07, 6.45) is -0.729. The quantitative estimate of drug-likeness (QED) is 0.334. The van der Waals surface area contributed by atoms with E-state index >= 15 is 0 Å². The number of fused-ring (bicyclic) bond motifs is 3. The maximum Gasteiger partial charge on any atom is 0.411 e. The van der Waals surface area contributed by atoms with Crippen LogP contribution in [0, 0.1) is 18.4 Å². The van der Waals surface area contributed by atoms with Crippen molar-refractivity contribution in [1.29, 1.82) is 0 Å². The number of nitrogens with one attached hydrogen (secondary N) is 1. The van der Waals surface area contributed by atoms with Crippen LogP contribution in [0.3, 0.4) is 0 Å². The highest BCUT2D eigenvalue weighted by molar-refractivity contribution is 6.83. The van der Waals surface area contributed by atoms with Crippen molar-refractivity contribution in [2.45, 2.75) is 38.9 Å². The largest absolute Gasteiger partial charge is 0.481 e. The highest BCUT2D eigenvalue weighted by atomic mass is 28.3. The Balaban J connectivity index is 1.55. The molecule has 0 unspecified atom stereocenters. The number of ether oxygens (including phenoxy) is 1. The van der Waals surface area contributed by atoms with Gasteiger partial charge in [-0.1, -0.05) is 74.1 Å². The third-order valence-corrected chi connectivity index (χ3v) is 6.85. The van der Waals surface area contributed by atoms with Crippen LogP contribution in [-0.2, 0) is 16.0 Å². The van der Waals surface area contributed by atoms with Crippen LogP contribution in [-0.4, -0.2) is 31.8 Å². The van der Waals surface area contributed by atoms with Gasteiger partial charge >= 0.3 is 12.1 Å². The summed E-state index contributed by atoms with van der Waals surface area (Å²) in [5, 5.41) is 12.1. The SMILES string of the molecule is Cc1c(C#C[Si](C)(C)C)cc(CC(=O)O)cc1NC(=O)OCC1c2ccccc2-c2ccccc21. The van der Waals surface area contributed by atoms with E-state index in [0.717, 1.165) is 22.3 Å². The summed E-state index contributed by atoms with van der Waals surface area (Å²) >= 11 is 0. The van der Waals surface area contributed by atoms with E-state index < -0.39 is 20.1 Å². The van der Waals surface area contributed by atoms with E-state index in [0.29, 0.717) is 11.3 Å². The molecule has 6 heteroatoms. The van der Waals surface area contributed by atoms with Crippen LogP contribution in [0.25, 0.3) is 11.1 Å². The van der Waals surface area contributed by atoms with Crippen molar-refractivity contribution in [3.8, 4) is 22.6 Å². The van der Waals surface area contributed by atoms with Gasteiger partial charge in [0.2, 0.25) is 0 Å². The standard InChI is InChI=1S/C29H29NO4Si/c1-19-21(13-14-35(2,3)4)15-20(17-28(31)32)16-27(19)30-29(33)34-18-26-24-11-7-5-9-22(24)23-10-6-8-12-25(23)26/h5-12,15-16,26H,17-18H2,1-4H3,(H,30,33)(H,31,32). The maximum atomic E-state index is 12.8. The second-order valence-corrected chi connectivity index (χ2v) is 14.6. The third kappa shape index (κ3) is 5.64. The summed E-state index contributed by atoms with van der Waals surface area (Å²) in [4.78, 5) is 24.2. The predicted molar refractivity (Wildman–Crippen MR) is 141 cm³/mol. The second-order valence-electron chi connectivity index (χ2n) is 9.84. The molecule has 3 aromatic rings. The molecule has 0 aromatic heterocycles. The maximum absolute atomic E-state index is 12.8. The van der Waals surface area contributed by atoms with Crippen molar-refractivity contribution >= 4 is 25.8 Å². The summed E-state index contributed by atoms with van der Waals surface area (Å²) in [6, 6.07) is 19.8. The molecule has 3 aromatic carbocycles. The number of benzene rings is 3. The topological polar surface area (TPSA) is 75.6 Å². The molecule has 4 rings (SSSR count).